The largest absolute Gasteiger partial charge is 0.364 e. The third-order valence-electron chi connectivity index (χ3n) is 2.69. The van der Waals surface area contributed by atoms with E-state index in [1.165, 1.54) is 0 Å². The van der Waals surface area contributed by atoms with E-state index in [2.05, 4.69) is 27.0 Å². The Balaban J connectivity index is 2.67. The molecular weight excluding hydrogens is 280 g/mol. The topological polar surface area (TPSA) is 119 Å². The zero-order valence-corrected chi connectivity index (χ0v) is 12.5. The maximum Gasteiger partial charge on any atom is 0.332 e. The molecule has 0 aliphatic heterocycles. The smallest absolute Gasteiger partial charge is 0.332 e. The van der Waals surface area contributed by atoms with Gasteiger partial charge in [0, 0.05) is 6.54 Å². The van der Waals surface area contributed by atoms with Gasteiger partial charge in [-0.05, 0) is 31.8 Å². The number of nitrogen functional groups attached to an aromatic ring is 1. The Morgan fingerprint density at radius 2 is 2.10 bits per heavy atom. The fourth-order valence-electron chi connectivity index (χ4n) is 1.73. The van der Waals surface area contributed by atoms with Crippen LogP contribution in [0.1, 0.15) is 25.0 Å². The van der Waals surface area contributed by atoms with Crippen LogP contribution >= 0.6 is 11.8 Å². The average molecular weight is 300 g/mol. The van der Waals surface area contributed by atoms with Gasteiger partial charge in [-0.2, -0.15) is 16.7 Å². The maximum absolute atomic E-state index is 11.0. The Morgan fingerprint density at radius 1 is 1.35 bits per heavy atom. The number of nitrogens with two attached hydrogens (primary N) is 1. The van der Waals surface area contributed by atoms with E-state index in [-0.39, 0.29) is 23.1 Å². The lowest BCUT2D eigenvalue weighted by atomic mass is 10.2. The highest BCUT2D eigenvalue weighted by atomic mass is 32.2. The fourth-order valence-corrected chi connectivity index (χ4v) is 2.22. The van der Waals surface area contributed by atoms with E-state index < -0.39 is 4.92 Å². The van der Waals surface area contributed by atoms with Crippen molar-refractivity contribution in [1.29, 1.82) is 0 Å². The summed E-state index contributed by atoms with van der Waals surface area (Å²) in [5.74, 6) is 6.75. The van der Waals surface area contributed by atoms with Crippen LogP contribution in [0, 0.1) is 17.0 Å². The summed E-state index contributed by atoms with van der Waals surface area (Å²) in [6.45, 7) is 2.19. The average Bonchev–Trinajstić information content (AvgIpc) is 2.41. The minimum Gasteiger partial charge on any atom is -0.364 e. The predicted octanol–water partition coefficient (Wildman–Crippen LogP) is 1.92. The molecule has 0 atom stereocenters. The normalized spacial score (nSPS) is 10.3. The molecule has 0 amide bonds. The number of nitro groups is 1. The molecule has 112 valence electrons. The number of hydrogen-bond acceptors (Lipinski definition) is 8. The minimum absolute atomic E-state index is 0.104. The van der Waals surface area contributed by atoms with Crippen molar-refractivity contribution in [1.82, 2.24) is 9.97 Å². The number of hydrazine groups is 1. The molecule has 0 aromatic carbocycles. The van der Waals surface area contributed by atoms with Gasteiger partial charge < -0.3 is 5.32 Å². The zero-order chi connectivity index (χ0) is 15.0. The SMILES string of the molecule is CSCCCCCNc1nc(NN)nc(C)c1[N+](=O)[O-]. The van der Waals surface area contributed by atoms with E-state index in [0.29, 0.717) is 6.54 Å². The first-order chi connectivity index (χ1) is 9.60. The van der Waals surface area contributed by atoms with Crippen LogP contribution in [0.3, 0.4) is 0 Å². The van der Waals surface area contributed by atoms with Crippen LogP contribution in [-0.2, 0) is 0 Å². The second-order valence-electron chi connectivity index (χ2n) is 4.21. The number of unbranched alkanes of at least 4 members (excludes halogenated alkanes) is 2. The number of thioether (sulfide) groups is 1. The van der Waals surface area contributed by atoms with Crippen molar-refractivity contribution >= 4 is 29.2 Å². The summed E-state index contributed by atoms with van der Waals surface area (Å²) in [7, 11) is 0. The van der Waals surface area contributed by atoms with E-state index in [1.807, 2.05) is 11.8 Å². The number of nitrogens with one attached hydrogen (secondary N) is 2. The molecule has 1 rings (SSSR count). The lowest BCUT2D eigenvalue weighted by Gasteiger charge is -2.09. The Morgan fingerprint density at radius 3 is 2.70 bits per heavy atom. The molecular formula is C11H20N6O2S. The van der Waals surface area contributed by atoms with E-state index in [4.69, 9.17) is 5.84 Å². The second-order valence-corrected chi connectivity index (χ2v) is 5.20. The highest BCUT2D eigenvalue weighted by Crippen LogP contribution is 2.26. The van der Waals surface area contributed by atoms with Gasteiger partial charge in [0.15, 0.2) is 0 Å². The molecule has 9 heteroatoms. The molecule has 1 aromatic rings. The van der Waals surface area contributed by atoms with Crippen molar-refractivity contribution in [2.75, 3.05) is 29.3 Å². The van der Waals surface area contributed by atoms with Crippen LogP contribution in [0.4, 0.5) is 17.5 Å². The van der Waals surface area contributed by atoms with Gasteiger partial charge in [-0.3, -0.25) is 15.5 Å². The first kappa shape index (κ1) is 16.4. The van der Waals surface area contributed by atoms with Gasteiger partial charge >= 0.3 is 5.69 Å². The summed E-state index contributed by atoms with van der Waals surface area (Å²) in [5, 5.41) is 14.0. The fraction of sp³-hybridized carbons (Fsp3) is 0.636. The highest BCUT2D eigenvalue weighted by molar-refractivity contribution is 7.98. The molecule has 1 heterocycles. The molecule has 0 radical (unpaired) electrons. The first-order valence-corrected chi connectivity index (χ1v) is 7.72. The summed E-state index contributed by atoms with van der Waals surface area (Å²) in [6, 6.07) is 0. The van der Waals surface area contributed by atoms with E-state index in [9.17, 15) is 10.1 Å². The van der Waals surface area contributed by atoms with Crippen LogP contribution in [-0.4, -0.2) is 33.4 Å². The Hall–Kier alpha value is -1.61. The van der Waals surface area contributed by atoms with Crippen molar-refractivity contribution in [2.45, 2.75) is 26.2 Å². The molecule has 0 aliphatic rings. The number of nitrogens with zero attached hydrogens (tertiary/aromatic N) is 3. The van der Waals surface area contributed by atoms with Crippen LogP contribution in [0.25, 0.3) is 0 Å². The summed E-state index contributed by atoms with van der Waals surface area (Å²) in [6.07, 6.45) is 5.23. The van der Waals surface area contributed by atoms with Gasteiger partial charge in [0.2, 0.25) is 11.8 Å². The lowest BCUT2D eigenvalue weighted by Crippen LogP contribution is -2.15. The van der Waals surface area contributed by atoms with Gasteiger partial charge in [0.05, 0.1) is 4.92 Å². The van der Waals surface area contributed by atoms with Gasteiger partial charge in [0.1, 0.15) is 5.69 Å². The Bertz CT molecular complexity index is 457. The Labute approximate surface area is 122 Å². The van der Waals surface area contributed by atoms with Gasteiger partial charge in [-0.15, -0.1) is 0 Å². The van der Waals surface area contributed by atoms with Crippen LogP contribution in [0.5, 0.6) is 0 Å². The molecule has 0 saturated carbocycles. The summed E-state index contributed by atoms with van der Waals surface area (Å²) < 4.78 is 0. The third kappa shape index (κ3) is 4.82. The highest BCUT2D eigenvalue weighted by Gasteiger charge is 2.21. The molecule has 4 N–H and O–H groups in total. The zero-order valence-electron chi connectivity index (χ0n) is 11.7. The van der Waals surface area contributed by atoms with Crippen LogP contribution < -0.4 is 16.6 Å². The standard InChI is InChI=1S/C11H20N6O2S/c1-8-9(17(18)19)10(15-11(14-8)16-12)13-6-4-3-5-7-20-2/h3-7,12H2,1-2H3,(H2,13,14,15,16). The van der Waals surface area contributed by atoms with E-state index in [1.54, 1.807) is 6.92 Å². The molecule has 0 spiro atoms. The first-order valence-electron chi connectivity index (χ1n) is 6.32. The van der Waals surface area contributed by atoms with Gasteiger partial charge in [-0.25, -0.2) is 10.8 Å². The number of rotatable bonds is 9. The number of aromatic nitrogens is 2. The van der Waals surface area contributed by atoms with Gasteiger partial charge in [-0.1, -0.05) is 6.42 Å². The van der Waals surface area contributed by atoms with Crippen molar-refractivity contribution in [3.8, 4) is 0 Å². The molecule has 0 aliphatic carbocycles. The minimum atomic E-state index is -0.480. The number of anilines is 2. The van der Waals surface area contributed by atoms with Crippen molar-refractivity contribution in [2.24, 2.45) is 5.84 Å². The Kier molecular flexibility index (Phi) is 7.02. The molecule has 0 saturated heterocycles. The van der Waals surface area contributed by atoms with Crippen LogP contribution in [0.15, 0.2) is 0 Å². The third-order valence-corrected chi connectivity index (χ3v) is 3.38. The predicted molar refractivity (Wildman–Crippen MR) is 82.0 cm³/mol. The quantitative estimate of drug-likeness (QED) is 0.274. The van der Waals surface area contributed by atoms with Crippen molar-refractivity contribution in [3.63, 3.8) is 0 Å². The lowest BCUT2D eigenvalue weighted by molar-refractivity contribution is -0.385. The second kappa shape index (κ2) is 8.54. The van der Waals surface area contributed by atoms with Crippen LogP contribution in [0.2, 0.25) is 0 Å². The number of aryl methyl sites for hydroxylation is 1. The molecule has 0 bridgehead atoms. The maximum atomic E-state index is 11.0. The van der Waals surface area contributed by atoms with E-state index >= 15 is 0 Å². The summed E-state index contributed by atoms with van der Waals surface area (Å²) in [5.41, 5.74) is 2.48. The monoisotopic (exact) mass is 300 g/mol. The summed E-state index contributed by atoms with van der Waals surface area (Å²) in [4.78, 5) is 18.5. The molecule has 20 heavy (non-hydrogen) atoms. The van der Waals surface area contributed by atoms with Crippen molar-refractivity contribution in [3.05, 3.63) is 15.8 Å². The van der Waals surface area contributed by atoms with Gasteiger partial charge in [0.25, 0.3) is 0 Å². The van der Waals surface area contributed by atoms with E-state index in [0.717, 1.165) is 25.0 Å². The molecule has 1 aromatic heterocycles. The summed E-state index contributed by atoms with van der Waals surface area (Å²) >= 11 is 1.82. The van der Waals surface area contributed by atoms with Crippen molar-refractivity contribution < 1.29 is 4.92 Å². The molecule has 8 nitrogen and oxygen atoms in total. The number of hydrogen-bond donors (Lipinski definition) is 3. The molecule has 0 fully saturated rings. The molecule has 0 unspecified atom stereocenters.